The van der Waals surface area contributed by atoms with E-state index in [4.69, 9.17) is 18.9 Å². The van der Waals surface area contributed by atoms with Gasteiger partial charge in [-0.15, -0.1) is 0 Å². The van der Waals surface area contributed by atoms with Gasteiger partial charge in [-0.25, -0.2) is 0 Å². The van der Waals surface area contributed by atoms with Gasteiger partial charge in [-0.1, -0.05) is 0 Å². The third kappa shape index (κ3) is 1.46. The molecule has 0 spiro atoms. The zero-order valence-electron chi connectivity index (χ0n) is 8.43. The second-order valence-electron chi connectivity index (χ2n) is 3.91. The summed E-state index contributed by atoms with van der Waals surface area (Å²) in [6.07, 6.45) is -1.05. The van der Waals surface area contributed by atoms with Gasteiger partial charge in [0, 0.05) is 7.11 Å². The van der Waals surface area contributed by atoms with E-state index in [0.717, 1.165) is 6.29 Å². The summed E-state index contributed by atoms with van der Waals surface area (Å²) >= 11 is 0. The summed E-state index contributed by atoms with van der Waals surface area (Å²) in [6.45, 7) is 3.61. The van der Waals surface area contributed by atoms with E-state index in [2.05, 4.69) is 0 Å². The molecule has 5 nitrogen and oxygen atoms in total. The van der Waals surface area contributed by atoms with Crippen LogP contribution in [0.3, 0.4) is 0 Å². The highest BCUT2D eigenvalue weighted by molar-refractivity contribution is 5.58. The average Bonchev–Trinajstić information content (AvgIpc) is 2.57. The van der Waals surface area contributed by atoms with Crippen LogP contribution in [0.25, 0.3) is 0 Å². The Morgan fingerprint density at radius 3 is 2.50 bits per heavy atom. The molecule has 2 aliphatic heterocycles. The predicted octanol–water partition coefficient (Wildman–Crippen LogP) is 0.0767. The number of aldehydes is 1. The summed E-state index contributed by atoms with van der Waals surface area (Å²) in [5, 5.41) is 0. The van der Waals surface area contributed by atoms with Crippen molar-refractivity contribution in [3.05, 3.63) is 0 Å². The van der Waals surface area contributed by atoms with Crippen LogP contribution in [0.15, 0.2) is 0 Å². The van der Waals surface area contributed by atoms with E-state index < -0.39 is 18.2 Å². The molecule has 0 aromatic carbocycles. The first-order valence-corrected chi connectivity index (χ1v) is 4.56. The van der Waals surface area contributed by atoms with E-state index in [0.29, 0.717) is 0 Å². The molecular weight excluding hydrogens is 188 g/mol. The van der Waals surface area contributed by atoms with Gasteiger partial charge in [0.2, 0.25) is 0 Å². The average molecular weight is 202 g/mol. The second-order valence-corrected chi connectivity index (χ2v) is 3.91. The Morgan fingerprint density at radius 2 is 1.93 bits per heavy atom. The van der Waals surface area contributed by atoms with Crippen LogP contribution in [0.2, 0.25) is 0 Å². The van der Waals surface area contributed by atoms with Gasteiger partial charge < -0.3 is 23.7 Å². The number of methoxy groups -OCH3 is 1. The van der Waals surface area contributed by atoms with E-state index >= 15 is 0 Å². The lowest BCUT2D eigenvalue weighted by molar-refractivity contribution is -0.223. The van der Waals surface area contributed by atoms with Crippen LogP contribution < -0.4 is 0 Å². The lowest BCUT2D eigenvalue weighted by Gasteiger charge is -2.21. The fraction of sp³-hybridized carbons (Fsp3) is 0.889. The second kappa shape index (κ2) is 3.27. The Labute approximate surface area is 82.3 Å². The van der Waals surface area contributed by atoms with Crippen molar-refractivity contribution in [3.8, 4) is 0 Å². The minimum Gasteiger partial charge on any atom is -0.353 e. The minimum atomic E-state index is -0.669. The van der Waals surface area contributed by atoms with Crippen molar-refractivity contribution in [2.24, 2.45) is 0 Å². The molecule has 0 aromatic rings. The summed E-state index contributed by atoms with van der Waals surface area (Å²) in [7, 11) is 1.52. The molecule has 80 valence electrons. The number of carbonyl (C=O) groups excluding carboxylic acids is 1. The Bertz CT molecular complexity index is 239. The topological polar surface area (TPSA) is 54.0 Å². The van der Waals surface area contributed by atoms with Crippen molar-refractivity contribution in [2.75, 3.05) is 7.11 Å². The maximum atomic E-state index is 10.7. The molecule has 2 saturated heterocycles. The quantitative estimate of drug-likeness (QED) is 0.593. The molecule has 0 aromatic heterocycles. The van der Waals surface area contributed by atoms with Crippen LogP contribution in [0, 0.1) is 0 Å². The Morgan fingerprint density at radius 1 is 1.29 bits per heavy atom. The molecule has 2 heterocycles. The number of rotatable bonds is 2. The number of fused-ring (bicyclic) bond motifs is 1. The van der Waals surface area contributed by atoms with E-state index in [1.165, 1.54) is 7.11 Å². The van der Waals surface area contributed by atoms with Crippen molar-refractivity contribution in [3.63, 3.8) is 0 Å². The summed E-state index contributed by atoms with van der Waals surface area (Å²) < 4.78 is 21.5. The Balaban J connectivity index is 2.16. The fourth-order valence-corrected chi connectivity index (χ4v) is 1.89. The Kier molecular flexibility index (Phi) is 2.35. The first kappa shape index (κ1) is 10.0. The standard InChI is InChI=1S/C9H14O5/c1-9(2)13-6-5(4-10)12-8(11-3)7(6)14-9/h4-8H,1-3H3/t5-,6+,7+,8+/m0/s1. The van der Waals surface area contributed by atoms with Crippen molar-refractivity contribution < 1.29 is 23.7 Å². The number of ether oxygens (including phenoxy) is 4. The molecule has 0 N–H and O–H groups in total. The molecule has 2 rings (SSSR count). The molecule has 0 radical (unpaired) electrons. The number of hydrogen-bond donors (Lipinski definition) is 0. The first-order valence-electron chi connectivity index (χ1n) is 4.56. The van der Waals surface area contributed by atoms with Crippen molar-refractivity contribution in [1.29, 1.82) is 0 Å². The maximum Gasteiger partial charge on any atom is 0.187 e. The van der Waals surface area contributed by atoms with E-state index in [1.54, 1.807) is 13.8 Å². The van der Waals surface area contributed by atoms with Crippen LogP contribution in [0.1, 0.15) is 13.8 Å². The lowest BCUT2D eigenvalue weighted by atomic mass is 10.1. The molecule has 2 fully saturated rings. The fourth-order valence-electron chi connectivity index (χ4n) is 1.89. The van der Waals surface area contributed by atoms with E-state index in [-0.39, 0.29) is 12.2 Å². The number of hydrogen-bond acceptors (Lipinski definition) is 5. The molecular formula is C9H14O5. The number of carbonyl (C=O) groups is 1. The van der Waals surface area contributed by atoms with Gasteiger partial charge in [0.05, 0.1) is 0 Å². The molecule has 2 aliphatic rings. The largest absolute Gasteiger partial charge is 0.353 e. The molecule has 0 unspecified atom stereocenters. The van der Waals surface area contributed by atoms with E-state index in [9.17, 15) is 4.79 Å². The normalized spacial score (nSPS) is 45.1. The van der Waals surface area contributed by atoms with Gasteiger partial charge in [-0.2, -0.15) is 0 Å². The van der Waals surface area contributed by atoms with Crippen LogP contribution in [0.4, 0.5) is 0 Å². The SMILES string of the molecule is CO[C@@H]1O[C@@H](C=O)[C@H]2OC(C)(C)O[C@@H]12. The van der Waals surface area contributed by atoms with Crippen LogP contribution in [0.5, 0.6) is 0 Å². The summed E-state index contributed by atoms with van der Waals surface area (Å²) in [5.41, 5.74) is 0. The summed E-state index contributed by atoms with van der Waals surface area (Å²) in [4.78, 5) is 10.7. The van der Waals surface area contributed by atoms with Crippen molar-refractivity contribution in [2.45, 2.75) is 44.2 Å². The zero-order valence-corrected chi connectivity index (χ0v) is 8.43. The maximum absolute atomic E-state index is 10.7. The van der Waals surface area contributed by atoms with Gasteiger partial charge in [0.1, 0.15) is 18.3 Å². The summed E-state index contributed by atoms with van der Waals surface area (Å²) in [5.74, 6) is -0.669. The third-order valence-electron chi connectivity index (χ3n) is 2.41. The van der Waals surface area contributed by atoms with Gasteiger partial charge >= 0.3 is 0 Å². The highest BCUT2D eigenvalue weighted by Crippen LogP contribution is 2.38. The molecule has 0 bridgehead atoms. The lowest BCUT2D eigenvalue weighted by Crippen LogP contribution is -2.30. The minimum absolute atomic E-state index is 0.315. The van der Waals surface area contributed by atoms with Crippen LogP contribution in [-0.4, -0.2) is 43.8 Å². The van der Waals surface area contributed by atoms with Gasteiger partial charge in [-0.05, 0) is 13.8 Å². The molecule has 4 atom stereocenters. The molecule has 0 aliphatic carbocycles. The Hall–Kier alpha value is -0.490. The monoisotopic (exact) mass is 202 g/mol. The zero-order chi connectivity index (χ0) is 10.3. The molecule has 14 heavy (non-hydrogen) atoms. The third-order valence-corrected chi connectivity index (χ3v) is 2.41. The highest BCUT2D eigenvalue weighted by atomic mass is 16.8. The van der Waals surface area contributed by atoms with Gasteiger partial charge in [0.15, 0.2) is 18.4 Å². The predicted molar refractivity (Wildman–Crippen MR) is 45.6 cm³/mol. The van der Waals surface area contributed by atoms with Gasteiger partial charge in [-0.3, -0.25) is 0 Å². The van der Waals surface area contributed by atoms with Crippen molar-refractivity contribution in [1.82, 2.24) is 0 Å². The first-order chi connectivity index (χ1) is 6.57. The highest BCUT2D eigenvalue weighted by Gasteiger charge is 2.55. The van der Waals surface area contributed by atoms with Crippen LogP contribution >= 0.6 is 0 Å². The summed E-state index contributed by atoms with van der Waals surface area (Å²) in [6, 6.07) is 0. The smallest absolute Gasteiger partial charge is 0.187 e. The van der Waals surface area contributed by atoms with Crippen LogP contribution in [-0.2, 0) is 23.7 Å². The van der Waals surface area contributed by atoms with Gasteiger partial charge in [0.25, 0.3) is 0 Å². The van der Waals surface area contributed by atoms with E-state index in [1.807, 2.05) is 0 Å². The molecule has 0 saturated carbocycles. The molecule has 5 heteroatoms. The molecule has 0 amide bonds. The van der Waals surface area contributed by atoms with Crippen molar-refractivity contribution >= 4 is 6.29 Å².